The van der Waals surface area contributed by atoms with E-state index in [0.29, 0.717) is 5.69 Å². The Hall–Kier alpha value is -3.91. The minimum Gasteiger partial charge on any atom is -0.322 e. The molecule has 0 atom stereocenters. The minimum atomic E-state index is -0.707. The van der Waals surface area contributed by atoms with Gasteiger partial charge in [0.25, 0.3) is 0 Å². The second kappa shape index (κ2) is 8.91. The monoisotopic (exact) mass is 467 g/mol. The molecule has 1 amide bonds. The second-order valence-electron chi connectivity index (χ2n) is 7.33. The number of nitrogens with one attached hydrogen (secondary N) is 1. The number of aryl methyl sites for hydroxylation is 1. The van der Waals surface area contributed by atoms with Gasteiger partial charge in [-0.1, -0.05) is 11.6 Å². The molecule has 166 valence electrons. The Labute approximate surface area is 191 Å². The summed E-state index contributed by atoms with van der Waals surface area (Å²) in [5, 5.41) is 2.76. The van der Waals surface area contributed by atoms with E-state index in [1.54, 1.807) is 13.0 Å². The fourth-order valence-electron chi connectivity index (χ4n) is 3.33. The highest BCUT2D eigenvalue weighted by molar-refractivity contribution is 6.30. The predicted molar refractivity (Wildman–Crippen MR) is 121 cm³/mol. The number of pyridine rings is 2. The Morgan fingerprint density at radius 1 is 1.06 bits per heavy atom. The summed E-state index contributed by atoms with van der Waals surface area (Å²) in [5.41, 5.74) is 0.0749. The molecule has 2 aromatic heterocycles. The molecular weight excluding hydrogens is 452 g/mol. The zero-order valence-electron chi connectivity index (χ0n) is 17.2. The van der Waals surface area contributed by atoms with Gasteiger partial charge >= 0.3 is 0 Å². The quantitative estimate of drug-likeness (QED) is 0.438. The third-order valence-corrected chi connectivity index (χ3v) is 5.17. The van der Waals surface area contributed by atoms with Gasteiger partial charge in [0.1, 0.15) is 23.8 Å². The van der Waals surface area contributed by atoms with E-state index in [-0.39, 0.29) is 39.4 Å². The van der Waals surface area contributed by atoms with Gasteiger partial charge in [-0.05, 0) is 61.5 Å². The molecule has 1 N–H and O–H groups in total. The van der Waals surface area contributed by atoms with E-state index in [1.807, 2.05) is 0 Å². The van der Waals surface area contributed by atoms with E-state index >= 15 is 0 Å². The van der Waals surface area contributed by atoms with Crippen LogP contribution in [0.3, 0.4) is 0 Å². The number of fused-ring (bicyclic) bond motifs is 1. The van der Waals surface area contributed by atoms with Crippen molar-refractivity contribution in [3.05, 3.63) is 104 Å². The number of aromatic nitrogens is 2. The second-order valence-corrected chi connectivity index (χ2v) is 7.77. The van der Waals surface area contributed by atoms with Crippen molar-refractivity contribution in [1.82, 2.24) is 9.55 Å². The van der Waals surface area contributed by atoms with Crippen LogP contribution in [0, 0.1) is 18.6 Å². The van der Waals surface area contributed by atoms with Crippen molar-refractivity contribution in [1.29, 1.82) is 0 Å². The zero-order chi connectivity index (χ0) is 23.7. The van der Waals surface area contributed by atoms with E-state index in [2.05, 4.69) is 10.3 Å². The molecule has 4 rings (SSSR count). The fraction of sp³-hybridized carbons (Fsp3) is 0.0833. The molecule has 0 aliphatic carbocycles. The smallest absolute Gasteiger partial charge is 0.244 e. The number of ketones is 1. The predicted octanol–water partition coefficient (Wildman–Crippen LogP) is 4.51. The van der Waals surface area contributed by atoms with Crippen LogP contribution in [0.2, 0.25) is 5.02 Å². The highest BCUT2D eigenvalue weighted by Crippen LogP contribution is 2.19. The van der Waals surface area contributed by atoms with Crippen LogP contribution in [0.25, 0.3) is 11.0 Å². The average molecular weight is 468 g/mol. The standard InChI is InChI=1S/C24H16ClF2N3O3/c1-13-2-8-17-23(33)18(22(32)14-3-6-16(26)7-4-14)11-30(24(17)28-13)12-21(31)29-20-9-5-15(25)10-19(20)27/h2-11H,12H2,1H3,(H,29,31). The normalized spacial score (nSPS) is 10.9. The summed E-state index contributed by atoms with van der Waals surface area (Å²) in [7, 11) is 0. The molecular formula is C24H16ClF2N3O3. The van der Waals surface area contributed by atoms with Crippen LogP contribution in [-0.4, -0.2) is 21.2 Å². The number of hydrogen-bond acceptors (Lipinski definition) is 4. The van der Waals surface area contributed by atoms with Crippen molar-refractivity contribution >= 4 is 40.0 Å². The molecule has 0 spiro atoms. The van der Waals surface area contributed by atoms with E-state index in [9.17, 15) is 23.2 Å². The number of carbonyl (C=O) groups excluding carboxylic acids is 2. The Kier molecular flexibility index (Phi) is 6.02. The summed E-state index contributed by atoms with van der Waals surface area (Å²) in [6, 6.07) is 11.7. The molecule has 0 saturated heterocycles. The van der Waals surface area contributed by atoms with Crippen molar-refractivity contribution in [3.63, 3.8) is 0 Å². The van der Waals surface area contributed by atoms with E-state index in [1.165, 1.54) is 41.1 Å². The molecule has 4 aromatic rings. The molecule has 0 aliphatic heterocycles. The Bertz CT molecular complexity index is 1470. The van der Waals surface area contributed by atoms with Crippen LogP contribution in [0.1, 0.15) is 21.6 Å². The first-order chi connectivity index (χ1) is 15.7. The number of benzene rings is 2. The number of halogens is 3. The largest absolute Gasteiger partial charge is 0.322 e. The van der Waals surface area contributed by atoms with Crippen LogP contribution in [0.15, 0.2) is 65.6 Å². The number of hydrogen-bond donors (Lipinski definition) is 1. The third-order valence-electron chi connectivity index (χ3n) is 4.93. The van der Waals surface area contributed by atoms with Gasteiger partial charge < -0.3 is 9.88 Å². The Balaban J connectivity index is 1.76. The van der Waals surface area contributed by atoms with Crippen molar-refractivity contribution in [2.75, 3.05) is 5.32 Å². The summed E-state index contributed by atoms with van der Waals surface area (Å²) in [6.45, 7) is 1.37. The maximum Gasteiger partial charge on any atom is 0.244 e. The van der Waals surface area contributed by atoms with Crippen molar-refractivity contribution in [2.24, 2.45) is 0 Å². The van der Waals surface area contributed by atoms with Gasteiger partial charge in [-0.2, -0.15) is 0 Å². The number of anilines is 1. The summed E-state index contributed by atoms with van der Waals surface area (Å²) in [5.74, 6) is -2.46. The maximum absolute atomic E-state index is 14.1. The molecule has 0 fully saturated rings. The molecule has 0 unspecified atom stereocenters. The molecule has 6 nitrogen and oxygen atoms in total. The van der Waals surface area contributed by atoms with Gasteiger partial charge in [0.2, 0.25) is 11.3 Å². The molecule has 0 aliphatic rings. The average Bonchev–Trinajstić information content (AvgIpc) is 2.77. The molecule has 0 radical (unpaired) electrons. The van der Waals surface area contributed by atoms with Crippen LogP contribution in [0.5, 0.6) is 0 Å². The highest BCUT2D eigenvalue weighted by atomic mass is 35.5. The molecule has 33 heavy (non-hydrogen) atoms. The Morgan fingerprint density at radius 2 is 1.79 bits per heavy atom. The van der Waals surface area contributed by atoms with Gasteiger partial charge in [-0.15, -0.1) is 0 Å². The number of amides is 1. The summed E-state index contributed by atoms with van der Waals surface area (Å²) in [6.07, 6.45) is 1.24. The fourth-order valence-corrected chi connectivity index (χ4v) is 3.49. The van der Waals surface area contributed by atoms with E-state index in [4.69, 9.17) is 11.6 Å². The molecule has 2 aromatic carbocycles. The topological polar surface area (TPSA) is 81.1 Å². The van der Waals surface area contributed by atoms with Gasteiger partial charge in [-0.3, -0.25) is 14.4 Å². The molecule has 0 saturated carbocycles. The lowest BCUT2D eigenvalue weighted by molar-refractivity contribution is -0.116. The first-order valence-corrected chi connectivity index (χ1v) is 10.2. The Morgan fingerprint density at radius 3 is 2.48 bits per heavy atom. The number of nitrogens with zero attached hydrogens (tertiary/aromatic N) is 2. The van der Waals surface area contributed by atoms with Crippen LogP contribution >= 0.6 is 11.6 Å². The van der Waals surface area contributed by atoms with Gasteiger partial charge in [0.05, 0.1) is 16.6 Å². The number of rotatable bonds is 5. The SMILES string of the molecule is Cc1ccc2c(=O)c(C(=O)c3ccc(F)cc3)cn(CC(=O)Nc3ccc(Cl)cc3F)c2n1. The highest BCUT2D eigenvalue weighted by Gasteiger charge is 2.19. The third kappa shape index (κ3) is 4.65. The van der Waals surface area contributed by atoms with Crippen molar-refractivity contribution < 1.29 is 18.4 Å². The molecule has 9 heteroatoms. The summed E-state index contributed by atoms with van der Waals surface area (Å²) < 4.78 is 28.7. The van der Waals surface area contributed by atoms with Gasteiger partial charge in [-0.25, -0.2) is 13.8 Å². The molecule has 0 bridgehead atoms. The minimum absolute atomic E-state index is 0.0681. The lowest BCUT2D eigenvalue weighted by Crippen LogP contribution is -2.25. The zero-order valence-corrected chi connectivity index (χ0v) is 18.0. The first kappa shape index (κ1) is 22.3. The van der Waals surface area contributed by atoms with E-state index in [0.717, 1.165) is 18.2 Å². The summed E-state index contributed by atoms with van der Waals surface area (Å²) >= 11 is 5.74. The lowest BCUT2D eigenvalue weighted by atomic mass is 10.0. The van der Waals surface area contributed by atoms with Crippen LogP contribution in [-0.2, 0) is 11.3 Å². The van der Waals surface area contributed by atoms with E-state index < -0.39 is 28.8 Å². The van der Waals surface area contributed by atoms with Gasteiger partial charge in [0, 0.05) is 22.5 Å². The first-order valence-electron chi connectivity index (χ1n) is 9.79. The van der Waals surface area contributed by atoms with Crippen LogP contribution < -0.4 is 10.7 Å². The van der Waals surface area contributed by atoms with Gasteiger partial charge in [0.15, 0.2) is 5.78 Å². The van der Waals surface area contributed by atoms with Crippen molar-refractivity contribution in [2.45, 2.75) is 13.5 Å². The molecule has 2 heterocycles. The maximum atomic E-state index is 14.1. The van der Waals surface area contributed by atoms with Crippen LogP contribution in [0.4, 0.5) is 14.5 Å². The summed E-state index contributed by atoms with van der Waals surface area (Å²) in [4.78, 5) is 43.0. The lowest BCUT2D eigenvalue weighted by Gasteiger charge is -2.13. The van der Waals surface area contributed by atoms with Crippen molar-refractivity contribution in [3.8, 4) is 0 Å². The number of carbonyl (C=O) groups is 2.